The number of carbonyl (C=O) groups excluding carboxylic acids is 1. The molecule has 100 valence electrons. The summed E-state index contributed by atoms with van der Waals surface area (Å²) in [5.41, 5.74) is -0.398. The number of thiophene rings is 1. The van der Waals surface area contributed by atoms with Crippen molar-refractivity contribution in [3.05, 3.63) is 21.4 Å². The lowest BCUT2D eigenvalue weighted by Crippen LogP contribution is -2.41. The maximum atomic E-state index is 11.8. The molecule has 0 aromatic carbocycles. The van der Waals surface area contributed by atoms with Crippen LogP contribution in [0.1, 0.15) is 33.5 Å². The van der Waals surface area contributed by atoms with Gasteiger partial charge in [-0.05, 0) is 32.4 Å². The zero-order chi connectivity index (χ0) is 13.9. The third kappa shape index (κ3) is 4.12. The number of rotatable bonds is 5. The summed E-state index contributed by atoms with van der Waals surface area (Å²) in [6, 6.07) is 1.78. The molecule has 0 aliphatic rings. The van der Waals surface area contributed by atoms with Crippen LogP contribution in [-0.4, -0.2) is 34.2 Å². The second kappa shape index (κ2) is 5.49. The van der Waals surface area contributed by atoms with Crippen LogP contribution in [0.2, 0.25) is 0 Å². The molecule has 0 bridgehead atoms. The molecule has 3 N–H and O–H groups in total. The molecule has 18 heavy (non-hydrogen) atoms. The van der Waals surface area contributed by atoms with E-state index in [-0.39, 0.29) is 12.5 Å². The molecule has 0 spiro atoms. The van der Waals surface area contributed by atoms with E-state index in [2.05, 4.69) is 5.32 Å². The number of carbonyl (C=O) groups is 2. The summed E-state index contributed by atoms with van der Waals surface area (Å²) in [5, 5.41) is 20.9. The van der Waals surface area contributed by atoms with E-state index < -0.39 is 18.0 Å². The number of carboxylic acids is 1. The van der Waals surface area contributed by atoms with Crippen molar-refractivity contribution in [3.63, 3.8) is 0 Å². The summed E-state index contributed by atoms with van der Waals surface area (Å²) in [5.74, 6) is -1.39. The number of amides is 1. The van der Waals surface area contributed by atoms with Crippen molar-refractivity contribution in [3.8, 4) is 0 Å². The molecule has 5 nitrogen and oxygen atoms in total. The molecule has 1 aromatic rings. The van der Waals surface area contributed by atoms with Gasteiger partial charge in [-0.25, -0.2) is 0 Å². The van der Waals surface area contributed by atoms with Gasteiger partial charge in [-0.1, -0.05) is 0 Å². The largest absolute Gasteiger partial charge is 0.481 e. The van der Waals surface area contributed by atoms with E-state index in [1.807, 2.05) is 13.8 Å². The van der Waals surface area contributed by atoms with Gasteiger partial charge in [0, 0.05) is 11.4 Å². The first-order chi connectivity index (χ1) is 8.21. The van der Waals surface area contributed by atoms with E-state index >= 15 is 0 Å². The molecular weight excluding hydrogens is 254 g/mol. The van der Waals surface area contributed by atoms with Crippen LogP contribution in [0.4, 0.5) is 0 Å². The molecular formula is C12H17NO4S. The van der Waals surface area contributed by atoms with Gasteiger partial charge in [-0.3, -0.25) is 9.59 Å². The standard InChI is InChI=1S/C12H17NO4S/c1-7-4-9(18-8(7)2)11(16)13-6-12(3,17)5-10(14)15/h4,17H,5-6H2,1-3H3,(H,13,16)(H,14,15). The van der Waals surface area contributed by atoms with Gasteiger partial charge in [0.25, 0.3) is 5.91 Å². The molecule has 1 atom stereocenters. The van der Waals surface area contributed by atoms with E-state index in [1.165, 1.54) is 18.3 Å². The van der Waals surface area contributed by atoms with Gasteiger partial charge in [0.05, 0.1) is 16.9 Å². The van der Waals surface area contributed by atoms with Crippen LogP contribution in [-0.2, 0) is 4.79 Å². The number of carboxylic acid groups (broad SMARTS) is 1. The fourth-order valence-corrected chi connectivity index (χ4v) is 2.38. The highest BCUT2D eigenvalue weighted by atomic mass is 32.1. The molecule has 1 rings (SSSR count). The molecule has 0 radical (unpaired) electrons. The molecule has 0 saturated heterocycles. The fourth-order valence-electron chi connectivity index (χ4n) is 1.43. The number of aliphatic hydroxyl groups is 1. The summed E-state index contributed by atoms with van der Waals surface area (Å²) in [4.78, 5) is 23.9. The van der Waals surface area contributed by atoms with Gasteiger partial charge in [0.15, 0.2) is 0 Å². The number of nitrogens with one attached hydrogen (secondary N) is 1. The van der Waals surface area contributed by atoms with Crippen LogP contribution in [0.25, 0.3) is 0 Å². The van der Waals surface area contributed by atoms with Crippen LogP contribution in [0.3, 0.4) is 0 Å². The van der Waals surface area contributed by atoms with Crippen molar-refractivity contribution in [2.75, 3.05) is 6.54 Å². The maximum absolute atomic E-state index is 11.8. The predicted octanol–water partition coefficient (Wildman–Crippen LogP) is 1.32. The van der Waals surface area contributed by atoms with Crippen LogP contribution < -0.4 is 5.32 Å². The normalized spacial score (nSPS) is 14.0. The lowest BCUT2D eigenvalue weighted by atomic mass is 10.0. The molecule has 1 amide bonds. The van der Waals surface area contributed by atoms with E-state index in [0.29, 0.717) is 4.88 Å². The first-order valence-electron chi connectivity index (χ1n) is 5.51. The molecule has 0 fully saturated rings. The number of hydrogen-bond acceptors (Lipinski definition) is 4. The Hall–Kier alpha value is -1.40. The van der Waals surface area contributed by atoms with E-state index in [4.69, 9.17) is 5.11 Å². The number of aliphatic carboxylic acids is 1. The summed E-state index contributed by atoms with van der Waals surface area (Å²) >= 11 is 1.38. The Bertz CT molecular complexity index is 445. The van der Waals surface area contributed by atoms with Crippen molar-refractivity contribution in [1.82, 2.24) is 5.32 Å². The molecule has 6 heteroatoms. The molecule has 1 unspecified atom stereocenters. The average molecular weight is 271 g/mol. The summed E-state index contributed by atoms with van der Waals surface area (Å²) in [7, 11) is 0. The van der Waals surface area contributed by atoms with Gasteiger partial charge in [-0.15, -0.1) is 11.3 Å². The Balaban J connectivity index is 2.58. The Morgan fingerprint density at radius 2 is 2.06 bits per heavy atom. The molecule has 1 heterocycles. The topological polar surface area (TPSA) is 86.6 Å². The van der Waals surface area contributed by atoms with Gasteiger partial charge in [0.1, 0.15) is 0 Å². The van der Waals surface area contributed by atoms with Gasteiger partial charge in [0.2, 0.25) is 0 Å². The number of aryl methyl sites for hydroxylation is 2. The highest BCUT2D eigenvalue weighted by Gasteiger charge is 2.25. The minimum atomic E-state index is -1.44. The van der Waals surface area contributed by atoms with Gasteiger partial charge in [-0.2, -0.15) is 0 Å². The summed E-state index contributed by atoms with van der Waals surface area (Å²) in [6.07, 6.45) is -0.407. The lowest BCUT2D eigenvalue weighted by Gasteiger charge is -2.21. The molecule has 1 aromatic heterocycles. The highest BCUT2D eigenvalue weighted by Crippen LogP contribution is 2.20. The minimum absolute atomic E-state index is 0.0892. The summed E-state index contributed by atoms with van der Waals surface area (Å²) < 4.78 is 0. The lowest BCUT2D eigenvalue weighted by molar-refractivity contribution is -0.141. The van der Waals surface area contributed by atoms with Crippen LogP contribution in [0, 0.1) is 13.8 Å². The quantitative estimate of drug-likeness (QED) is 0.754. The van der Waals surface area contributed by atoms with Crippen LogP contribution in [0.15, 0.2) is 6.07 Å². The molecule has 0 aliphatic heterocycles. The van der Waals surface area contributed by atoms with E-state index in [9.17, 15) is 14.7 Å². The smallest absolute Gasteiger partial charge is 0.306 e. The Kier molecular flexibility index (Phi) is 4.48. The van der Waals surface area contributed by atoms with Crippen molar-refractivity contribution < 1.29 is 19.8 Å². The van der Waals surface area contributed by atoms with Crippen molar-refractivity contribution >= 4 is 23.2 Å². The zero-order valence-electron chi connectivity index (χ0n) is 10.6. The van der Waals surface area contributed by atoms with Crippen molar-refractivity contribution in [2.45, 2.75) is 32.8 Å². The Morgan fingerprint density at radius 1 is 1.44 bits per heavy atom. The highest BCUT2D eigenvalue weighted by molar-refractivity contribution is 7.14. The second-order valence-electron chi connectivity index (χ2n) is 4.60. The SMILES string of the molecule is Cc1cc(C(=O)NCC(C)(O)CC(=O)O)sc1C. The Morgan fingerprint density at radius 3 is 2.50 bits per heavy atom. The third-order valence-corrected chi connectivity index (χ3v) is 3.70. The Labute approximate surface area is 109 Å². The maximum Gasteiger partial charge on any atom is 0.306 e. The summed E-state index contributed by atoms with van der Waals surface area (Å²) in [6.45, 7) is 5.14. The van der Waals surface area contributed by atoms with Crippen molar-refractivity contribution in [1.29, 1.82) is 0 Å². The molecule has 0 saturated carbocycles. The molecule has 0 aliphatic carbocycles. The average Bonchev–Trinajstić information content (AvgIpc) is 2.54. The van der Waals surface area contributed by atoms with E-state index in [0.717, 1.165) is 10.4 Å². The zero-order valence-corrected chi connectivity index (χ0v) is 11.4. The van der Waals surface area contributed by atoms with Crippen molar-refractivity contribution in [2.24, 2.45) is 0 Å². The van der Waals surface area contributed by atoms with Gasteiger partial charge >= 0.3 is 5.97 Å². The second-order valence-corrected chi connectivity index (χ2v) is 5.86. The minimum Gasteiger partial charge on any atom is -0.481 e. The monoisotopic (exact) mass is 271 g/mol. The van der Waals surface area contributed by atoms with Crippen LogP contribution >= 0.6 is 11.3 Å². The van der Waals surface area contributed by atoms with Gasteiger partial charge < -0.3 is 15.5 Å². The first kappa shape index (κ1) is 14.7. The van der Waals surface area contributed by atoms with E-state index in [1.54, 1.807) is 6.07 Å². The van der Waals surface area contributed by atoms with Crippen LogP contribution in [0.5, 0.6) is 0 Å². The predicted molar refractivity (Wildman–Crippen MR) is 69.0 cm³/mol. The fraction of sp³-hybridized carbons (Fsp3) is 0.500. The number of hydrogen-bond donors (Lipinski definition) is 3. The third-order valence-electron chi connectivity index (χ3n) is 2.55. The first-order valence-corrected chi connectivity index (χ1v) is 6.32.